The molecule has 1 atom stereocenters. The van der Waals surface area contributed by atoms with Crippen LogP contribution < -0.4 is 9.04 Å². The van der Waals surface area contributed by atoms with Crippen molar-refractivity contribution in [1.82, 2.24) is 4.90 Å². The zero-order valence-electron chi connectivity index (χ0n) is 17.0. The highest BCUT2D eigenvalue weighted by Crippen LogP contribution is 2.24. The number of benzene rings is 2. The molecule has 0 aliphatic rings. The molecule has 152 valence electrons. The van der Waals surface area contributed by atoms with Gasteiger partial charge in [0.2, 0.25) is 15.9 Å². The normalized spacial score (nSPS) is 12.3. The Morgan fingerprint density at radius 3 is 2.14 bits per heavy atom. The van der Waals surface area contributed by atoms with Crippen molar-refractivity contribution < 1.29 is 17.9 Å². The quantitative estimate of drug-likeness (QED) is 0.678. The number of anilines is 1. The molecule has 0 saturated heterocycles. The van der Waals surface area contributed by atoms with E-state index < -0.39 is 16.1 Å². The van der Waals surface area contributed by atoms with Gasteiger partial charge in [-0.1, -0.05) is 29.8 Å². The molecule has 2 aromatic rings. The fourth-order valence-electron chi connectivity index (χ4n) is 3.02. The summed E-state index contributed by atoms with van der Waals surface area (Å²) >= 11 is 0. The first kappa shape index (κ1) is 21.8. The Balaban J connectivity index is 2.22. The molecule has 1 amide bonds. The molecular weight excluding hydrogens is 376 g/mol. The third kappa shape index (κ3) is 5.48. The van der Waals surface area contributed by atoms with Crippen LogP contribution in [0, 0.1) is 6.92 Å². The largest absolute Gasteiger partial charge is 0.494 e. The van der Waals surface area contributed by atoms with E-state index in [9.17, 15) is 13.2 Å². The highest BCUT2D eigenvalue weighted by Gasteiger charge is 2.31. The van der Waals surface area contributed by atoms with Gasteiger partial charge in [0.25, 0.3) is 0 Å². The second-order valence-electron chi connectivity index (χ2n) is 6.84. The van der Waals surface area contributed by atoms with Crippen LogP contribution in [-0.2, 0) is 21.4 Å². The number of ether oxygens (including phenoxy) is 1. The summed E-state index contributed by atoms with van der Waals surface area (Å²) in [5, 5.41) is 0. The lowest BCUT2D eigenvalue weighted by molar-refractivity contribution is -0.131. The van der Waals surface area contributed by atoms with E-state index >= 15 is 0 Å². The van der Waals surface area contributed by atoms with Gasteiger partial charge < -0.3 is 9.64 Å². The van der Waals surface area contributed by atoms with Gasteiger partial charge in [0.15, 0.2) is 0 Å². The lowest BCUT2D eigenvalue weighted by atomic mass is 10.1. The van der Waals surface area contributed by atoms with Crippen LogP contribution in [0.15, 0.2) is 48.5 Å². The zero-order chi connectivity index (χ0) is 20.9. The number of aryl methyl sites for hydroxylation is 1. The van der Waals surface area contributed by atoms with Crippen LogP contribution in [0.2, 0.25) is 0 Å². The van der Waals surface area contributed by atoms with Gasteiger partial charge in [0.1, 0.15) is 11.8 Å². The molecule has 0 aliphatic carbocycles. The fraction of sp³-hybridized carbons (Fsp3) is 0.381. The summed E-state index contributed by atoms with van der Waals surface area (Å²) in [6.07, 6.45) is 1.10. The lowest BCUT2D eigenvalue weighted by Crippen LogP contribution is -2.48. The van der Waals surface area contributed by atoms with Crippen molar-refractivity contribution in [2.24, 2.45) is 0 Å². The minimum Gasteiger partial charge on any atom is -0.494 e. The average Bonchev–Trinajstić information content (AvgIpc) is 2.63. The number of carbonyl (C=O) groups excluding carboxylic acids is 1. The third-order valence-electron chi connectivity index (χ3n) is 4.39. The number of carbonyl (C=O) groups is 1. The van der Waals surface area contributed by atoms with E-state index in [0.717, 1.165) is 21.7 Å². The van der Waals surface area contributed by atoms with Gasteiger partial charge in [-0.2, -0.15) is 0 Å². The highest BCUT2D eigenvalue weighted by molar-refractivity contribution is 7.92. The number of nitrogens with zero attached hydrogens (tertiary/aromatic N) is 2. The molecule has 0 unspecified atom stereocenters. The first-order valence-electron chi connectivity index (χ1n) is 9.16. The van der Waals surface area contributed by atoms with Crippen LogP contribution in [0.25, 0.3) is 0 Å². The van der Waals surface area contributed by atoms with Crippen molar-refractivity contribution in [3.63, 3.8) is 0 Å². The summed E-state index contributed by atoms with van der Waals surface area (Å²) in [5.41, 5.74) is 2.56. The van der Waals surface area contributed by atoms with E-state index in [2.05, 4.69) is 0 Å². The van der Waals surface area contributed by atoms with Crippen LogP contribution >= 0.6 is 0 Å². The maximum Gasteiger partial charge on any atom is 0.246 e. The van der Waals surface area contributed by atoms with Crippen molar-refractivity contribution in [3.05, 3.63) is 59.7 Å². The summed E-state index contributed by atoms with van der Waals surface area (Å²) in [7, 11) is -1.98. The fourth-order valence-corrected chi connectivity index (χ4v) is 4.19. The molecule has 7 heteroatoms. The Kier molecular flexibility index (Phi) is 7.07. The molecule has 0 radical (unpaired) electrons. The van der Waals surface area contributed by atoms with Crippen LogP contribution in [-0.4, -0.2) is 45.2 Å². The molecule has 0 N–H and O–H groups in total. The van der Waals surface area contributed by atoms with Crippen LogP contribution in [0.4, 0.5) is 5.69 Å². The smallest absolute Gasteiger partial charge is 0.246 e. The monoisotopic (exact) mass is 404 g/mol. The number of sulfonamides is 1. The molecule has 0 aliphatic heterocycles. The van der Waals surface area contributed by atoms with Gasteiger partial charge >= 0.3 is 0 Å². The predicted molar refractivity (Wildman–Crippen MR) is 112 cm³/mol. The average molecular weight is 405 g/mol. The van der Waals surface area contributed by atoms with Gasteiger partial charge in [-0.3, -0.25) is 9.10 Å². The summed E-state index contributed by atoms with van der Waals surface area (Å²) in [5.74, 6) is 0.370. The first-order valence-corrected chi connectivity index (χ1v) is 11.0. The molecular formula is C21H28N2O4S. The minimum absolute atomic E-state index is 0.278. The molecule has 0 spiro atoms. The van der Waals surface area contributed by atoms with E-state index in [-0.39, 0.29) is 5.91 Å². The summed E-state index contributed by atoms with van der Waals surface area (Å²) < 4.78 is 31.4. The van der Waals surface area contributed by atoms with Gasteiger partial charge in [-0.25, -0.2) is 8.42 Å². The molecule has 6 nitrogen and oxygen atoms in total. The third-order valence-corrected chi connectivity index (χ3v) is 5.63. The topological polar surface area (TPSA) is 66.9 Å². The van der Waals surface area contributed by atoms with E-state index in [1.807, 2.05) is 38.1 Å². The SMILES string of the molecule is CCOc1ccc(N([C@H](C)C(=O)N(C)Cc2ccc(C)cc2)S(C)(=O)=O)cc1. The Morgan fingerprint density at radius 2 is 1.64 bits per heavy atom. The van der Waals surface area contributed by atoms with Crippen molar-refractivity contribution in [1.29, 1.82) is 0 Å². The lowest BCUT2D eigenvalue weighted by Gasteiger charge is -2.31. The zero-order valence-corrected chi connectivity index (χ0v) is 17.9. The molecule has 0 saturated carbocycles. The standard InChI is InChI=1S/C21H28N2O4S/c1-6-27-20-13-11-19(12-14-20)23(28(5,25)26)17(3)21(24)22(4)15-18-9-7-16(2)8-10-18/h7-14,17H,6,15H2,1-5H3/t17-/m1/s1. The van der Waals surface area contributed by atoms with Gasteiger partial charge in [-0.05, 0) is 50.6 Å². The Morgan fingerprint density at radius 1 is 1.07 bits per heavy atom. The summed E-state index contributed by atoms with van der Waals surface area (Å²) in [6.45, 7) is 6.41. The Hall–Kier alpha value is -2.54. The number of amides is 1. The van der Waals surface area contributed by atoms with Crippen molar-refractivity contribution in [2.45, 2.75) is 33.4 Å². The van der Waals surface area contributed by atoms with Crippen LogP contribution in [0.1, 0.15) is 25.0 Å². The molecule has 0 aromatic heterocycles. The molecule has 2 aromatic carbocycles. The van der Waals surface area contributed by atoms with Crippen molar-refractivity contribution in [3.8, 4) is 5.75 Å². The number of likely N-dealkylation sites (N-methyl/N-ethyl adjacent to an activating group) is 1. The Bertz CT molecular complexity index is 893. The van der Waals surface area contributed by atoms with Gasteiger partial charge in [-0.15, -0.1) is 0 Å². The van der Waals surface area contributed by atoms with Crippen molar-refractivity contribution in [2.75, 3.05) is 24.2 Å². The maximum atomic E-state index is 12.9. The van der Waals surface area contributed by atoms with Crippen LogP contribution in [0.5, 0.6) is 5.75 Å². The van der Waals surface area contributed by atoms with E-state index in [0.29, 0.717) is 24.6 Å². The number of rotatable bonds is 8. The molecule has 0 heterocycles. The van der Waals surface area contributed by atoms with E-state index in [4.69, 9.17) is 4.74 Å². The number of hydrogen-bond acceptors (Lipinski definition) is 4. The molecule has 0 fully saturated rings. The second kappa shape index (κ2) is 9.10. The van der Waals surface area contributed by atoms with Crippen molar-refractivity contribution >= 4 is 21.6 Å². The second-order valence-corrected chi connectivity index (χ2v) is 8.70. The van der Waals surface area contributed by atoms with Gasteiger partial charge in [0.05, 0.1) is 18.6 Å². The maximum absolute atomic E-state index is 12.9. The highest BCUT2D eigenvalue weighted by atomic mass is 32.2. The van der Waals surface area contributed by atoms with E-state index in [1.54, 1.807) is 43.1 Å². The van der Waals surface area contributed by atoms with E-state index in [1.165, 1.54) is 0 Å². The molecule has 28 heavy (non-hydrogen) atoms. The minimum atomic E-state index is -3.65. The summed E-state index contributed by atoms with van der Waals surface area (Å²) in [4.78, 5) is 14.5. The predicted octanol–water partition coefficient (Wildman–Crippen LogP) is 3.21. The summed E-state index contributed by atoms with van der Waals surface area (Å²) in [6, 6.07) is 13.7. The molecule has 2 rings (SSSR count). The Labute approximate surface area is 167 Å². The van der Waals surface area contributed by atoms with Gasteiger partial charge in [0, 0.05) is 13.6 Å². The number of hydrogen-bond donors (Lipinski definition) is 0. The first-order chi connectivity index (χ1) is 13.1. The van der Waals surface area contributed by atoms with Crippen LogP contribution in [0.3, 0.4) is 0 Å². The molecule has 0 bridgehead atoms.